The number of benzene rings is 2. The molecule has 2 aliphatic rings. The number of nitrogens with two attached hydrogens (primary N) is 1. The molecule has 2 amide bonds. The summed E-state index contributed by atoms with van der Waals surface area (Å²) < 4.78 is 40.6. The number of amides is 2. The Balaban J connectivity index is 1.49. The molecule has 0 saturated carbocycles. The van der Waals surface area contributed by atoms with Crippen LogP contribution >= 0.6 is 15.9 Å². The Bertz CT molecular complexity index is 1110. The van der Waals surface area contributed by atoms with E-state index >= 15 is 0 Å². The molecule has 1 aliphatic heterocycles. The largest absolute Gasteiger partial charge is 0.416 e. The zero-order chi connectivity index (χ0) is 23.8. The smallest absolute Gasteiger partial charge is 0.370 e. The van der Waals surface area contributed by atoms with Gasteiger partial charge in [0, 0.05) is 35.5 Å². The van der Waals surface area contributed by atoms with E-state index in [1.165, 1.54) is 35.9 Å². The molecule has 0 aromatic heterocycles. The first-order valence-corrected chi connectivity index (χ1v) is 11.6. The highest BCUT2D eigenvalue weighted by molar-refractivity contribution is 9.10. The van der Waals surface area contributed by atoms with Crippen LogP contribution in [0.25, 0.3) is 6.08 Å². The molecule has 1 fully saturated rings. The number of carbonyl (C=O) groups is 2. The maximum absolute atomic E-state index is 13.2. The van der Waals surface area contributed by atoms with Crippen LogP contribution in [0.5, 0.6) is 0 Å². The molecule has 8 heteroatoms. The average molecular weight is 521 g/mol. The molecule has 1 atom stereocenters. The highest BCUT2D eigenvalue weighted by Crippen LogP contribution is 2.54. The predicted octanol–water partition coefficient (Wildman–Crippen LogP) is 5.40. The van der Waals surface area contributed by atoms with Crippen LogP contribution in [-0.2, 0) is 21.2 Å². The molecule has 4 nitrogen and oxygen atoms in total. The Labute approximate surface area is 198 Å². The van der Waals surface area contributed by atoms with Crippen molar-refractivity contribution in [3.8, 4) is 0 Å². The molecule has 4 rings (SSSR count). The molecule has 2 aromatic carbocycles. The summed E-state index contributed by atoms with van der Waals surface area (Å²) in [6.45, 7) is 0.988. The predicted molar refractivity (Wildman–Crippen MR) is 123 cm³/mol. The number of hydrogen-bond donors (Lipinski definition) is 1. The van der Waals surface area contributed by atoms with Gasteiger partial charge in [-0.2, -0.15) is 13.2 Å². The summed E-state index contributed by atoms with van der Waals surface area (Å²) in [6, 6.07) is 11.2. The fourth-order valence-corrected chi connectivity index (χ4v) is 6.13. The minimum Gasteiger partial charge on any atom is -0.370 e. The van der Waals surface area contributed by atoms with Crippen molar-refractivity contribution in [1.82, 2.24) is 4.90 Å². The summed E-state index contributed by atoms with van der Waals surface area (Å²) in [4.78, 5) is 26.0. The SMILES string of the molecule is NC(=O)CC1CC2(CCN(C(=O)/C=C/c3ccccc3C(F)(F)F)CC2)c2c(Br)cccc21. The summed E-state index contributed by atoms with van der Waals surface area (Å²) in [5.41, 5.74) is 6.86. The van der Waals surface area contributed by atoms with Crippen LogP contribution < -0.4 is 5.73 Å². The van der Waals surface area contributed by atoms with Gasteiger partial charge in [0.25, 0.3) is 0 Å². The number of primary amides is 1. The van der Waals surface area contributed by atoms with Gasteiger partial charge < -0.3 is 10.6 Å². The minimum atomic E-state index is -4.48. The lowest BCUT2D eigenvalue weighted by atomic mass is 9.73. The Morgan fingerprint density at radius 1 is 1.12 bits per heavy atom. The molecule has 2 aromatic rings. The summed E-state index contributed by atoms with van der Waals surface area (Å²) in [7, 11) is 0. The molecule has 0 bridgehead atoms. The van der Waals surface area contributed by atoms with Crippen molar-refractivity contribution in [1.29, 1.82) is 0 Å². The fourth-order valence-electron chi connectivity index (χ4n) is 5.33. The lowest BCUT2D eigenvalue weighted by molar-refractivity contribution is -0.137. The molecular formula is C25H24BrF3N2O2. The van der Waals surface area contributed by atoms with Gasteiger partial charge in [0.05, 0.1) is 5.56 Å². The third-order valence-corrected chi connectivity index (χ3v) is 7.47. The molecule has 33 heavy (non-hydrogen) atoms. The Hall–Kier alpha value is -2.61. The third-order valence-electron chi connectivity index (χ3n) is 6.80. The molecule has 1 heterocycles. The number of fused-ring (bicyclic) bond motifs is 2. The number of alkyl halides is 3. The standard InChI is InChI=1S/C25H24BrF3N2O2/c26-20-7-3-5-18-17(14-21(30)32)15-24(23(18)20)10-12-31(13-11-24)22(33)9-8-16-4-1-2-6-19(16)25(27,28)29/h1-9,17H,10-15H2,(H2,30,32)/b9-8+. The summed E-state index contributed by atoms with van der Waals surface area (Å²) in [6.07, 6.45) is 0.496. The van der Waals surface area contributed by atoms with Crippen LogP contribution in [0.15, 0.2) is 53.0 Å². The first-order valence-electron chi connectivity index (χ1n) is 10.8. The van der Waals surface area contributed by atoms with Crippen molar-refractivity contribution < 1.29 is 22.8 Å². The first kappa shape index (κ1) is 23.5. The van der Waals surface area contributed by atoms with Gasteiger partial charge in [0.1, 0.15) is 0 Å². The zero-order valence-electron chi connectivity index (χ0n) is 17.9. The second-order valence-corrected chi connectivity index (χ2v) is 9.65. The maximum atomic E-state index is 13.2. The van der Waals surface area contributed by atoms with E-state index in [2.05, 4.69) is 15.9 Å². The number of hydrogen-bond acceptors (Lipinski definition) is 2. The van der Waals surface area contributed by atoms with Crippen molar-refractivity contribution in [3.63, 3.8) is 0 Å². The van der Waals surface area contributed by atoms with E-state index in [0.29, 0.717) is 13.1 Å². The van der Waals surface area contributed by atoms with Crippen molar-refractivity contribution in [3.05, 3.63) is 75.3 Å². The van der Waals surface area contributed by atoms with Gasteiger partial charge in [-0.25, -0.2) is 0 Å². The quantitative estimate of drug-likeness (QED) is 0.548. The summed E-state index contributed by atoms with van der Waals surface area (Å²) in [5.74, 6) is -0.586. The van der Waals surface area contributed by atoms with Gasteiger partial charge >= 0.3 is 6.18 Å². The maximum Gasteiger partial charge on any atom is 0.416 e. The number of carbonyl (C=O) groups excluding carboxylic acids is 2. The monoisotopic (exact) mass is 520 g/mol. The highest BCUT2D eigenvalue weighted by atomic mass is 79.9. The second kappa shape index (κ2) is 8.97. The molecule has 0 radical (unpaired) electrons. The van der Waals surface area contributed by atoms with E-state index in [-0.39, 0.29) is 35.1 Å². The van der Waals surface area contributed by atoms with E-state index in [1.807, 2.05) is 18.2 Å². The highest BCUT2D eigenvalue weighted by Gasteiger charge is 2.47. The Kier molecular flexibility index (Phi) is 6.40. The molecule has 174 valence electrons. The minimum absolute atomic E-state index is 0.0326. The number of rotatable bonds is 4. The van der Waals surface area contributed by atoms with Crippen molar-refractivity contribution in [2.24, 2.45) is 5.73 Å². The number of nitrogens with zero attached hydrogens (tertiary/aromatic N) is 1. The van der Waals surface area contributed by atoms with E-state index < -0.39 is 11.7 Å². The van der Waals surface area contributed by atoms with Crippen LogP contribution in [0.3, 0.4) is 0 Å². The van der Waals surface area contributed by atoms with Gasteiger partial charge in [-0.3, -0.25) is 9.59 Å². The van der Waals surface area contributed by atoms with Crippen LogP contribution in [0.2, 0.25) is 0 Å². The van der Waals surface area contributed by atoms with E-state index in [0.717, 1.165) is 35.4 Å². The summed E-state index contributed by atoms with van der Waals surface area (Å²) >= 11 is 3.67. The van der Waals surface area contributed by atoms with Gasteiger partial charge in [-0.05, 0) is 60.1 Å². The Morgan fingerprint density at radius 3 is 2.48 bits per heavy atom. The molecule has 2 N–H and O–H groups in total. The van der Waals surface area contributed by atoms with Gasteiger partial charge in [0.2, 0.25) is 11.8 Å². The van der Waals surface area contributed by atoms with Crippen molar-refractivity contribution in [2.45, 2.75) is 43.2 Å². The van der Waals surface area contributed by atoms with Crippen molar-refractivity contribution >= 4 is 33.8 Å². The fraction of sp³-hybridized carbons (Fsp3) is 0.360. The number of halogens is 4. The van der Waals surface area contributed by atoms with Gasteiger partial charge in [-0.15, -0.1) is 0 Å². The van der Waals surface area contributed by atoms with Gasteiger partial charge in [-0.1, -0.05) is 46.3 Å². The lowest BCUT2D eigenvalue weighted by Gasteiger charge is -2.40. The third kappa shape index (κ3) is 4.71. The van der Waals surface area contributed by atoms with Crippen LogP contribution in [0.4, 0.5) is 13.2 Å². The van der Waals surface area contributed by atoms with E-state index in [4.69, 9.17) is 5.73 Å². The molecule has 1 spiro atoms. The van der Waals surface area contributed by atoms with Crippen LogP contribution in [0, 0.1) is 0 Å². The second-order valence-electron chi connectivity index (χ2n) is 8.80. The van der Waals surface area contributed by atoms with Gasteiger partial charge in [0.15, 0.2) is 0 Å². The summed E-state index contributed by atoms with van der Waals surface area (Å²) in [5, 5.41) is 0. The molecule has 1 saturated heterocycles. The van der Waals surface area contributed by atoms with E-state index in [1.54, 1.807) is 4.90 Å². The normalized spacial score (nSPS) is 19.8. The van der Waals surface area contributed by atoms with Crippen LogP contribution in [-0.4, -0.2) is 29.8 Å². The number of piperidine rings is 1. The number of likely N-dealkylation sites (tertiary alicyclic amines) is 1. The molecule has 1 aliphatic carbocycles. The molecular weight excluding hydrogens is 497 g/mol. The zero-order valence-corrected chi connectivity index (χ0v) is 19.5. The van der Waals surface area contributed by atoms with Crippen molar-refractivity contribution in [2.75, 3.05) is 13.1 Å². The Morgan fingerprint density at radius 2 is 1.82 bits per heavy atom. The molecule has 1 unspecified atom stereocenters. The van der Waals surface area contributed by atoms with E-state index in [9.17, 15) is 22.8 Å². The lowest BCUT2D eigenvalue weighted by Crippen LogP contribution is -2.44. The first-order chi connectivity index (χ1) is 15.6. The average Bonchev–Trinajstić information content (AvgIpc) is 3.05. The van der Waals surface area contributed by atoms with Crippen LogP contribution in [0.1, 0.15) is 53.9 Å². The topological polar surface area (TPSA) is 63.4 Å².